The minimum atomic E-state index is 0.144. The van der Waals surface area contributed by atoms with Gasteiger partial charge in [-0.25, -0.2) is 4.98 Å². The van der Waals surface area contributed by atoms with Gasteiger partial charge in [-0.3, -0.25) is 0 Å². The maximum atomic E-state index is 5.76. The van der Waals surface area contributed by atoms with E-state index in [0.717, 1.165) is 24.2 Å². The molecule has 1 heterocycles. The Morgan fingerprint density at radius 3 is 2.89 bits per heavy atom. The highest BCUT2D eigenvalue weighted by Gasteiger charge is 2.18. The Morgan fingerprint density at radius 2 is 2.17 bits per heavy atom. The normalized spacial score (nSPS) is 12.5. The number of hydrogen-bond donors (Lipinski definition) is 1. The van der Waals surface area contributed by atoms with Crippen LogP contribution in [0.5, 0.6) is 0 Å². The first-order valence-corrected chi connectivity index (χ1v) is 6.21. The zero-order chi connectivity index (χ0) is 13.2. The van der Waals surface area contributed by atoms with Crippen molar-refractivity contribution in [2.24, 2.45) is 11.1 Å². The zero-order valence-electron chi connectivity index (χ0n) is 11.3. The molecule has 0 bridgehead atoms. The molecular weight excluding hydrogens is 226 g/mol. The summed E-state index contributed by atoms with van der Waals surface area (Å²) >= 11 is 0. The molecule has 2 N–H and O–H groups in total. The van der Waals surface area contributed by atoms with Gasteiger partial charge >= 0.3 is 0 Å². The topological polar surface area (TPSA) is 55.3 Å². The Bertz CT molecular complexity index is 518. The molecule has 2 aromatic rings. The predicted octanol–water partition coefficient (Wildman–Crippen LogP) is 2.24. The number of oxazole rings is 1. The van der Waals surface area contributed by atoms with Crippen LogP contribution in [-0.4, -0.2) is 30.0 Å². The van der Waals surface area contributed by atoms with Crippen LogP contribution < -0.4 is 5.73 Å². The van der Waals surface area contributed by atoms with Crippen LogP contribution in [0.3, 0.4) is 0 Å². The second-order valence-electron chi connectivity index (χ2n) is 5.70. The first-order chi connectivity index (χ1) is 8.50. The van der Waals surface area contributed by atoms with Gasteiger partial charge in [-0.05, 0) is 36.7 Å². The van der Waals surface area contributed by atoms with E-state index in [9.17, 15) is 0 Å². The number of hydrogen-bond acceptors (Lipinski definition) is 4. The summed E-state index contributed by atoms with van der Waals surface area (Å²) in [5.41, 5.74) is 8.89. The van der Waals surface area contributed by atoms with Gasteiger partial charge in [-0.15, -0.1) is 0 Å². The summed E-state index contributed by atoms with van der Waals surface area (Å²) in [6.07, 6.45) is 1.48. The van der Waals surface area contributed by atoms with Gasteiger partial charge < -0.3 is 15.1 Å². The quantitative estimate of drug-likeness (QED) is 0.880. The molecule has 0 saturated heterocycles. The lowest BCUT2D eigenvalue weighted by Gasteiger charge is -2.29. The summed E-state index contributed by atoms with van der Waals surface area (Å²) in [6.45, 7) is 6.92. The highest BCUT2D eigenvalue weighted by Crippen LogP contribution is 2.18. The lowest BCUT2D eigenvalue weighted by atomic mass is 9.93. The van der Waals surface area contributed by atoms with Crippen LogP contribution in [0.2, 0.25) is 0 Å². The van der Waals surface area contributed by atoms with Crippen molar-refractivity contribution in [2.75, 3.05) is 20.1 Å². The molecule has 2 rings (SSSR count). The van der Waals surface area contributed by atoms with E-state index in [0.29, 0.717) is 6.54 Å². The highest BCUT2D eigenvalue weighted by atomic mass is 16.3. The minimum Gasteiger partial charge on any atom is -0.443 e. The Morgan fingerprint density at radius 1 is 1.39 bits per heavy atom. The Labute approximate surface area is 108 Å². The highest BCUT2D eigenvalue weighted by molar-refractivity contribution is 5.72. The van der Waals surface area contributed by atoms with Crippen molar-refractivity contribution < 1.29 is 4.42 Å². The maximum absolute atomic E-state index is 5.76. The standard InChI is InChI=1S/C14H21N3O/c1-14(2,8-15)9-17(3)7-11-4-5-12-13(6-11)18-10-16-12/h4-6,10H,7-9,15H2,1-3H3. The largest absolute Gasteiger partial charge is 0.443 e. The van der Waals surface area contributed by atoms with E-state index >= 15 is 0 Å². The molecule has 0 saturated carbocycles. The van der Waals surface area contributed by atoms with E-state index in [1.807, 2.05) is 12.1 Å². The summed E-state index contributed by atoms with van der Waals surface area (Å²) in [5.74, 6) is 0. The number of benzene rings is 1. The van der Waals surface area contributed by atoms with Gasteiger partial charge in [0.15, 0.2) is 12.0 Å². The molecule has 0 atom stereocenters. The molecule has 4 heteroatoms. The summed E-state index contributed by atoms with van der Waals surface area (Å²) in [6, 6.07) is 6.14. The SMILES string of the molecule is CN(Cc1ccc2ncoc2c1)CC(C)(C)CN. The van der Waals surface area contributed by atoms with Crippen LogP contribution in [0.15, 0.2) is 29.0 Å². The summed E-state index contributed by atoms with van der Waals surface area (Å²) < 4.78 is 5.31. The van der Waals surface area contributed by atoms with Crippen molar-refractivity contribution in [3.05, 3.63) is 30.2 Å². The van der Waals surface area contributed by atoms with Crippen LogP contribution in [0.1, 0.15) is 19.4 Å². The molecule has 0 spiro atoms. The third-order valence-electron chi connectivity index (χ3n) is 3.10. The number of aromatic nitrogens is 1. The van der Waals surface area contributed by atoms with Crippen LogP contribution in [-0.2, 0) is 6.54 Å². The van der Waals surface area contributed by atoms with Crippen LogP contribution in [0, 0.1) is 5.41 Å². The molecule has 1 aromatic heterocycles. The van der Waals surface area contributed by atoms with E-state index in [1.54, 1.807) is 0 Å². The molecule has 0 aliphatic heterocycles. The van der Waals surface area contributed by atoms with Gasteiger partial charge in [0.05, 0.1) is 0 Å². The number of nitrogens with zero attached hydrogens (tertiary/aromatic N) is 2. The monoisotopic (exact) mass is 247 g/mol. The molecule has 98 valence electrons. The van der Waals surface area contributed by atoms with Crippen LogP contribution in [0.25, 0.3) is 11.1 Å². The molecule has 0 amide bonds. The number of nitrogens with two attached hydrogens (primary N) is 1. The predicted molar refractivity (Wildman–Crippen MR) is 73.2 cm³/mol. The Hall–Kier alpha value is -1.39. The number of fused-ring (bicyclic) bond motifs is 1. The first kappa shape index (κ1) is 13.1. The van der Waals surface area contributed by atoms with Gasteiger partial charge in [-0.1, -0.05) is 19.9 Å². The molecule has 1 aromatic carbocycles. The summed E-state index contributed by atoms with van der Waals surface area (Å²) in [5, 5.41) is 0. The third-order valence-corrected chi connectivity index (χ3v) is 3.10. The third kappa shape index (κ3) is 3.09. The summed E-state index contributed by atoms with van der Waals surface area (Å²) in [7, 11) is 2.11. The second-order valence-corrected chi connectivity index (χ2v) is 5.70. The van der Waals surface area contributed by atoms with E-state index < -0.39 is 0 Å². The second kappa shape index (κ2) is 5.08. The van der Waals surface area contributed by atoms with Gasteiger partial charge in [0.1, 0.15) is 5.52 Å². The molecule has 0 unspecified atom stereocenters. The van der Waals surface area contributed by atoms with E-state index in [4.69, 9.17) is 10.2 Å². The molecule has 18 heavy (non-hydrogen) atoms. The Balaban J connectivity index is 2.04. The lowest BCUT2D eigenvalue weighted by molar-refractivity contribution is 0.210. The fourth-order valence-electron chi connectivity index (χ4n) is 2.16. The van der Waals surface area contributed by atoms with Gasteiger partial charge in [-0.2, -0.15) is 0 Å². The van der Waals surface area contributed by atoms with Crippen molar-refractivity contribution in [3.63, 3.8) is 0 Å². The zero-order valence-corrected chi connectivity index (χ0v) is 11.3. The van der Waals surface area contributed by atoms with E-state index in [1.165, 1.54) is 12.0 Å². The average Bonchev–Trinajstić information content (AvgIpc) is 2.75. The fraction of sp³-hybridized carbons (Fsp3) is 0.500. The molecule has 0 aliphatic carbocycles. The molecular formula is C14H21N3O. The Kier molecular flexibility index (Phi) is 3.68. The van der Waals surface area contributed by atoms with E-state index in [-0.39, 0.29) is 5.41 Å². The van der Waals surface area contributed by atoms with Crippen LogP contribution in [0.4, 0.5) is 0 Å². The molecule has 4 nitrogen and oxygen atoms in total. The van der Waals surface area contributed by atoms with Crippen molar-refractivity contribution in [1.82, 2.24) is 9.88 Å². The molecule has 0 radical (unpaired) electrons. The van der Waals surface area contributed by atoms with Gasteiger partial charge in [0.2, 0.25) is 0 Å². The van der Waals surface area contributed by atoms with Crippen LogP contribution >= 0.6 is 0 Å². The van der Waals surface area contributed by atoms with Crippen molar-refractivity contribution in [2.45, 2.75) is 20.4 Å². The van der Waals surface area contributed by atoms with Gasteiger partial charge in [0.25, 0.3) is 0 Å². The molecule has 0 fully saturated rings. The van der Waals surface area contributed by atoms with Gasteiger partial charge in [0, 0.05) is 13.1 Å². The fourth-order valence-corrected chi connectivity index (χ4v) is 2.16. The first-order valence-electron chi connectivity index (χ1n) is 6.21. The number of rotatable bonds is 5. The van der Waals surface area contributed by atoms with Crippen molar-refractivity contribution in [1.29, 1.82) is 0 Å². The lowest BCUT2D eigenvalue weighted by Crippen LogP contribution is -2.36. The molecule has 0 aliphatic rings. The van der Waals surface area contributed by atoms with Crippen molar-refractivity contribution in [3.8, 4) is 0 Å². The van der Waals surface area contributed by atoms with E-state index in [2.05, 4.69) is 36.8 Å². The minimum absolute atomic E-state index is 0.144. The maximum Gasteiger partial charge on any atom is 0.181 e. The smallest absolute Gasteiger partial charge is 0.181 e. The average molecular weight is 247 g/mol. The summed E-state index contributed by atoms with van der Waals surface area (Å²) in [4.78, 5) is 6.40. The van der Waals surface area contributed by atoms with Crippen molar-refractivity contribution >= 4 is 11.1 Å².